The number of thioether (sulfide) groups is 1. The van der Waals surface area contributed by atoms with E-state index in [0.717, 1.165) is 36.5 Å². The first-order valence-corrected chi connectivity index (χ1v) is 13.4. The van der Waals surface area contributed by atoms with Crippen LogP contribution in [0.5, 0.6) is 0 Å². The maximum absolute atomic E-state index is 13.1. The zero-order valence-electron chi connectivity index (χ0n) is 18.0. The van der Waals surface area contributed by atoms with E-state index in [2.05, 4.69) is 10.2 Å². The second-order valence-corrected chi connectivity index (χ2v) is 10.5. The van der Waals surface area contributed by atoms with Crippen LogP contribution < -0.4 is 10.2 Å². The zero-order chi connectivity index (χ0) is 22.6. The van der Waals surface area contributed by atoms with Crippen molar-refractivity contribution in [3.05, 3.63) is 47.0 Å². The van der Waals surface area contributed by atoms with Gasteiger partial charge in [-0.15, -0.1) is 11.8 Å². The van der Waals surface area contributed by atoms with E-state index in [1.165, 1.54) is 16.1 Å². The highest BCUT2D eigenvalue weighted by Gasteiger charge is 2.25. The first-order chi connectivity index (χ1) is 14.8. The molecule has 31 heavy (non-hydrogen) atoms. The van der Waals surface area contributed by atoms with Gasteiger partial charge in [-0.25, -0.2) is 8.42 Å². The molecule has 1 fully saturated rings. The first kappa shape index (κ1) is 23.9. The van der Waals surface area contributed by atoms with Crippen molar-refractivity contribution in [3.63, 3.8) is 0 Å². The van der Waals surface area contributed by atoms with Crippen LogP contribution in [-0.4, -0.2) is 51.1 Å². The SMILES string of the molecule is CCN(CC)S(=O)(=O)c1ccc(N2CCCC2)c(NC(=O)c2cc(SC)ccc2Cl)c1. The minimum atomic E-state index is -3.65. The Morgan fingerprint density at radius 2 is 1.81 bits per heavy atom. The molecule has 3 rings (SSSR count). The van der Waals surface area contributed by atoms with Gasteiger partial charge in [0.05, 0.1) is 26.9 Å². The number of nitrogens with zero attached hydrogens (tertiary/aromatic N) is 2. The molecule has 1 saturated heterocycles. The number of carbonyl (C=O) groups is 1. The van der Waals surface area contributed by atoms with E-state index >= 15 is 0 Å². The molecule has 1 amide bonds. The van der Waals surface area contributed by atoms with Crippen LogP contribution in [0.25, 0.3) is 0 Å². The standard InChI is InChI=1S/C22H28ClN3O3S2/c1-4-26(5-2)31(28,29)17-9-11-21(25-12-6-7-13-25)20(15-17)24-22(27)18-14-16(30-3)8-10-19(18)23/h8-11,14-15H,4-7,12-13H2,1-3H3,(H,24,27). The lowest BCUT2D eigenvalue weighted by Gasteiger charge is -2.24. The van der Waals surface area contributed by atoms with Crippen molar-refractivity contribution in [1.29, 1.82) is 0 Å². The molecule has 9 heteroatoms. The number of benzene rings is 2. The quantitative estimate of drug-likeness (QED) is 0.540. The van der Waals surface area contributed by atoms with Crippen molar-refractivity contribution in [1.82, 2.24) is 4.31 Å². The maximum atomic E-state index is 13.1. The molecule has 0 bridgehead atoms. The molecule has 2 aromatic carbocycles. The summed E-state index contributed by atoms with van der Waals surface area (Å²) in [6.45, 7) is 6.12. The molecule has 0 aliphatic carbocycles. The van der Waals surface area contributed by atoms with Crippen molar-refractivity contribution in [2.45, 2.75) is 36.5 Å². The molecule has 168 valence electrons. The number of hydrogen-bond acceptors (Lipinski definition) is 5. The Hall–Kier alpha value is -1.74. The molecular formula is C22H28ClN3O3S2. The van der Waals surface area contributed by atoms with Gasteiger partial charge in [-0.3, -0.25) is 4.79 Å². The summed E-state index contributed by atoms with van der Waals surface area (Å²) in [7, 11) is -3.65. The summed E-state index contributed by atoms with van der Waals surface area (Å²) >= 11 is 7.80. The monoisotopic (exact) mass is 481 g/mol. The fourth-order valence-corrected chi connectivity index (χ4v) is 5.85. The molecule has 0 atom stereocenters. The van der Waals surface area contributed by atoms with Gasteiger partial charge in [0.1, 0.15) is 0 Å². The largest absolute Gasteiger partial charge is 0.370 e. The minimum absolute atomic E-state index is 0.165. The molecule has 0 radical (unpaired) electrons. The number of anilines is 2. The first-order valence-electron chi connectivity index (χ1n) is 10.4. The molecule has 6 nitrogen and oxygen atoms in total. The van der Waals surface area contributed by atoms with Crippen molar-refractivity contribution in [2.75, 3.05) is 42.7 Å². The Kier molecular flexibility index (Phi) is 7.91. The number of amides is 1. The summed E-state index contributed by atoms with van der Waals surface area (Å²) in [4.78, 5) is 16.4. The third-order valence-corrected chi connectivity index (χ3v) is 8.53. The second kappa shape index (κ2) is 10.3. The van der Waals surface area contributed by atoms with Crippen molar-refractivity contribution >= 4 is 50.7 Å². The van der Waals surface area contributed by atoms with Crippen LogP contribution in [0.1, 0.15) is 37.0 Å². The fraction of sp³-hybridized carbons (Fsp3) is 0.409. The van der Waals surface area contributed by atoms with Gasteiger partial charge in [-0.2, -0.15) is 4.31 Å². The van der Waals surface area contributed by atoms with Crippen LogP contribution in [0.15, 0.2) is 46.2 Å². The predicted octanol–water partition coefficient (Wildman–Crippen LogP) is 4.94. The van der Waals surface area contributed by atoms with Crippen LogP contribution in [-0.2, 0) is 10.0 Å². The Morgan fingerprint density at radius 1 is 1.13 bits per heavy atom. The number of hydrogen-bond donors (Lipinski definition) is 1. The normalized spacial score (nSPS) is 14.3. The summed E-state index contributed by atoms with van der Waals surface area (Å²) in [5, 5.41) is 3.28. The van der Waals surface area contributed by atoms with E-state index in [1.807, 2.05) is 26.2 Å². The third-order valence-electron chi connectivity index (χ3n) is 5.42. The smallest absolute Gasteiger partial charge is 0.257 e. The highest BCUT2D eigenvalue weighted by atomic mass is 35.5. The lowest BCUT2D eigenvalue weighted by Crippen LogP contribution is -2.31. The maximum Gasteiger partial charge on any atom is 0.257 e. The molecule has 0 unspecified atom stereocenters. The van der Waals surface area contributed by atoms with Crippen LogP contribution in [0, 0.1) is 0 Å². The van der Waals surface area contributed by atoms with Gasteiger partial charge >= 0.3 is 0 Å². The Bertz CT molecular complexity index is 1050. The minimum Gasteiger partial charge on any atom is -0.370 e. The number of rotatable bonds is 8. The van der Waals surface area contributed by atoms with Gasteiger partial charge in [-0.05, 0) is 55.5 Å². The van der Waals surface area contributed by atoms with E-state index < -0.39 is 10.0 Å². The molecule has 1 N–H and O–H groups in total. The molecule has 0 aromatic heterocycles. The summed E-state index contributed by atoms with van der Waals surface area (Å²) in [6.07, 6.45) is 4.06. The Morgan fingerprint density at radius 3 is 2.42 bits per heavy atom. The summed E-state index contributed by atoms with van der Waals surface area (Å²) < 4.78 is 27.5. The number of carbonyl (C=O) groups excluding carboxylic acids is 1. The Labute approximate surface area is 194 Å². The summed E-state index contributed by atoms with van der Waals surface area (Å²) in [6, 6.07) is 10.3. The van der Waals surface area contributed by atoms with Crippen molar-refractivity contribution in [3.8, 4) is 0 Å². The molecule has 1 heterocycles. The molecule has 1 aliphatic heterocycles. The van der Waals surface area contributed by atoms with Crippen molar-refractivity contribution in [2.24, 2.45) is 0 Å². The van der Waals surface area contributed by atoms with E-state index in [9.17, 15) is 13.2 Å². The zero-order valence-corrected chi connectivity index (χ0v) is 20.4. The van der Waals surface area contributed by atoms with Gasteiger partial charge in [-0.1, -0.05) is 25.4 Å². The third kappa shape index (κ3) is 5.19. The number of halogens is 1. The van der Waals surface area contributed by atoms with Gasteiger partial charge in [0.15, 0.2) is 0 Å². The molecule has 0 spiro atoms. The van der Waals surface area contributed by atoms with E-state index in [1.54, 1.807) is 30.3 Å². The topological polar surface area (TPSA) is 69.7 Å². The van der Waals surface area contributed by atoms with Crippen LogP contribution in [0.4, 0.5) is 11.4 Å². The summed E-state index contributed by atoms with van der Waals surface area (Å²) in [5.41, 5.74) is 1.66. The predicted molar refractivity (Wildman–Crippen MR) is 129 cm³/mol. The number of sulfonamides is 1. The lowest BCUT2D eigenvalue weighted by atomic mass is 10.2. The van der Waals surface area contributed by atoms with Gasteiger partial charge < -0.3 is 10.2 Å². The average molecular weight is 482 g/mol. The van der Waals surface area contributed by atoms with Crippen LogP contribution in [0.3, 0.4) is 0 Å². The second-order valence-electron chi connectivity index (χ2n) is 7.26. The summed E-state index contributed by atoms with van der Waals surface area (Å²) in [5.74, 6) is -0.362. The highest BCUT2D eigenvalue weighted by Crippen LogP contribution is 2.33. The molecular weight excluding hydrogens is 454 g/mol. The van der Waals surface area contributed by atoms with E-state index in [-0.39, 0.29) is 10.8 Å². The fourth-order valence-electron chi connectivity index (χ4n) is 3.72. The van der Waals surface area contributed by atoms with Crippen molar-refractivity contribution < 1.29 is 13.2 Å². The molecule has 2 aromatic rings. The van der Waals surface area contributed by atoms with Crippen LogP contribution in [0.2, 0.25) is 5.02 Å². The lowest BCUT2D eigenvalue weighted by molar-refractivity contribution is 0.102. The number of nitrogens with one attached hydrogen (secondary N) is 1. The Balaban J connectivity index is 2.03. The molecule has 1 aliphatic rings. The van der Waals surface area contributed by atoms with Gasteiger partial charge in [0.25, 0.3) is 5.91 Å². The van der Waals surface area contributed by atoms with E-state index in [0.29, 0.717) is 29.4 Å². The van der Waals surface area contributed by atoms with Crippen LogP contribution >= 0.6 is 23.4 Å². The van der Waals surface area contributed by atoms with Gasteiger partial charge in [0.2, 0.25) is 10.0 Å². The van der Waals surface area contributed by atoms with Gasteiger partial charge in [0, 0.05) is 31.1 Å². The highest BCUT2D eigenvalue weighted by molar-refractivity contribution is 7.98. The average Bonchev–Trinajstić information content (AvgIpc) is 3.29. The van der Waals surface area contributed by atoms with E-state index in [4.69, 9.17) is 11.6 Å². The molecule has 0 saturated carbocycles.